The van der Waals surface area contributed by atoms with Gasteiger partial charge < -0.3 is 14.9 Å². The molecule has 0 fully saturated rings. The molecule has 0 saturated heterocycles. The number of H-pyrrole nitrogens is 1. The zero-order valence-corrected chi connectivity index (χ0v) is 15.9. The van der Waals surface area contributed by atoms with E-state index in [-0.39, 0.29) is 0 Å². The van der Waals surface area contributed by atoms with Crippen LogP contribution in [0.4, 0.5) is 0 Å². The molecule has 2 aromatic rings. The highest BCUT2D eigenvalue weighted by atomic mass is 79.9. The van der Waals surface area contributed by atoms with Gasteiger partial charge in [-0.25, -0.2) is 4.68 Å². The number of nitrogens with one attached hydrogen (secondary N) is 2. The van der Waals surface area contributed by atoms with Crippen LogP contribution in [0.2, 0.25) is 0 Å². The first kappa shape index (κ1) is 17.8. The van der Waals surface area contributed by atoms with Gasteiger partial charge in [0.1, 0.15) is 5.82 Å². The van der Waals surface area contributed by atoms with Crippen molar-refractivity contribution in [3.05, 3.63) is 32.8 Å². The molecule has 126 valence electrons. The Bertz CT molecular complexity index is 714. The summed E-state index contributed by atoms with van der Waals surface area (Å²) in [4.78, 5) is 0. The predicted molar refractivity (Wildman–Crippen MR) is 96.3 cm³/mol. The number of aryl methyl sites for hydroxylation is 1. The molecule has 0 aliphatic carbocycles. The molecule has 0 bridgehead atoms. The van der Waals surface area contributed by atoms with Gasteiger partial charge >= 0.3 is 0 Å². The van der Waals surface area contributed by atoms with E-state index < -0.39 is 0 Å². The summed E-state index contributed by atoms with van der Waals surface area (Å²) in [5, 5.41) is 6.82. The Morgan fingerprint density at radius 3 is 2.74 bits per heavy atom. The van der Waals surface area contributed by atoms with Crippen LogP contribution in [0.3, 0.4) is 0 Å². The van der Waals surface area contributed by atoms with Gasteiger partial charge in [-0.05, 0) is 66.1 Å². The molecule has 2 N–H and O–H groups in total. The van der Waals surface area contributed by atoms with Crippen LogP contribution in [0.5, 0.6) is 11.5 Å². The van der Waals surface area contributed by atoms with Gasteiger partial charge in [0.25, 0.3) is 0 Å². The van der Waals surface area contributed by atoms with Crippen LogP contribution < -0.4 is 14.9 Å². The summed E-state index contributed by atoms with van der Waals surface area (Å²) in [5.74, 6) is 2.26. The fraction of sp³-hybridized carbons (Fsp3) is 0.467. The molecule has 23 heavy (non-hydrogen) atoms. The van der Waals surface area contributed by atoms with Crippen LogP contribution in [-0.2, 0) is 6.54 Å². The molecule has 1 heterocycles. The molecule has 0 atom stereocenters. The Hall–Kier alpha value is -1.54. The third kappa shape index (κ3) is 4.48. The molecule has 6 nitrogen and oxygen atoms in total. The summed E-state index contributed by atoms with van der Waals surface area (Å²) in [6, 6.07) is 3.99. The molecule has 0 radical (unpaired) electrons. The molecule has 0 aliphatic heterocycles. The molecule has 0 unspecified atom stereocenters. The number of benzene rings is 1. The first-order valence-electron chi connectivity index (χ1n) is 7.52. The van der Waals surface area contributed by atoms with Crippen molar-refractivity contribution in [2.24, 2.45) is 0 Å². The lowest BCUT2D eigenvalue weighted by atomic mass is 10.2. The Morgan fingerprint density at radius 2 is 2.13 bits per heavy atom. The summed E-state index contributed by atoms with van der Waals surface area (Å²) in [6.07, 6.45) is 0.944. The third-order valence-corrected chi connectivity index (χ3v) is 3.96. The molecule has 1 aromatic heterocycles. The van der Waals surface area contributed by atoms with Gasteiger partial charge in [0.15, 0.2) is 11.5 Å². The Balaban J connectivity index is 2.20. The number of nitrogens with zero attached hydrogens (tertiary/aromatic N) is 2. The van der Waals surface area contributed by atoms with Crippen LogP contribution in [0.1, 0.15) is 31.7 Å². The quantitative estimate of drug-likeness (QED) is 0.656. The van der Waals surface area contributed by atoms with Crippen molar-refractivity contribution in [3.63, 3.8) is 0 Å². The van der Waals surface area contributed by atoms with Gasteiger partial charge in [0.2, 0.25) is 4.77 Å². The van der Waals surface area contributed by atoms with Crippen molar-refractivity contribution in [3.8, 4) is 11.5 Å². The van der Waals surface area contributed by atoms with Crippen molar-refractivity contribution in [1.29, 1.82) is 0 Å². The van der Waals surface area contributed by atoms with E-state index >= 15 is 0 Å². The number of ether oxygens (including phenoxy) is 2. The SMILES string of the molecule is CCCOc1c(Br)cc(CNn2c(C)n[nH]c2=S)cc1OCC. The predicted octanol–water partition coefficient (Wildman–Crippen LogP) is 3.94. The minimum absolute atomic E-state index is 0.537. The highest BCUT2D eigenvalue weighted by Crippen LogP contribution is 2.37. The summed E-state index contributed by atoms with van der Waals surface area (Å²) < 4.78 is 14.6. The molecular weight excluding hydrogens is 380 g/mol. The second-order valence-corrected chi connectivity index (χ2v) is 6.17. The first-order valence-corrected chi connectivity index (χ1v) is 8.72. The number of halogens is 1. The topological polar surface area (TPSA) is 64.1 Å². The summed E-state index contributed by atoms with van der Waals surface area (Å²) >= 11 is 8.75. The van der Waals surface area contributed by atoms with E-state index in [0.29, 0.717) is 24.5 Å². The Morgan fingerprint density at radius 1 is 1.35 bits per heavy atom. The van der Waals surface area contributed by atoms with Gasteiger partial charge in [-0.15, -0.1) is 0 Å². The second kappa shape index (κ2) is 8.35. The van der Waals surface area contributed by atoms with Crippen molar-refractivity contribution >= 4 is 28.1 Å². The summed E-state index contributed by atoms with van der Waals surface area (Å²) in [6.45, 7) is 7.72. The highest BCUT2D eigenvalue weighted by Gasteiger charge is 2.12. The van der Waals surface area contributed by atoms with Gasteiger partial charge in [-0.3, -0.25) is 5.10 Å². The van der Waals surface area contributed by atoms with E-state index in [1.165, 1.54) is 0 Å². The molecular formula is C15H21BrN4O2S. The maximum Gasteiger partial charge on any atom is 0.214 e. The zero-order chi connectivity index (χ0) is 16.8. The van der Waals surface area contributed by atoms with Gasteiger partial charge in [0, 0.05) is 0 Å². The number of hydrogen-bond acceptors (Lipinski definition) is 5. The maximum absolute atomic E-state index is 5.78. The molecule has 0 saturated carbocycles. The molecule has 8 heteroatoms. The number of hydrogen-bond donors (Lipinski definition) is 2. The second-order valence-electron chi connectivity index (χ2n) is 4.93. The minimum atomic E-state index is 0.537. The van der Waals surface area contributed by atoms with Crippen LogP contribution in [-0.4, -0.2) is 28.1 Å². The van der Waals surface area contributed by atoms with Crippen molar-refractivity contribution in [2.75, 3.05) is 18.6 Å². The van der Waals surface area contributed by atoms with Gasteiger partial charge in [-0.1, -0.05) is 6.92 Å². The smallest absolute Gasteiger partial charge is 0.214 e. The van der Waals surface area contributed by atoms with E-state index in [1.807, 2.05) is 26.0 Å². The largest absolute Gasteiger partial charge is 0.490 e. The minimum Gasteiger partial charge on any atom is -0.490 e. The number of aromatic nitrogens is 3. The molecule has 0 aliphatic rings. The third-order valence-electron chi connectivity index (χ3n) is 3.10. The molecule has 1 aromatic carbocycles. The maximum atomic E-state index is 5.78. The van der Waals surface area contributed by atoms with Gasteiger partial charge in [0.05, 0.1) is 24.2 Å². The van der Waals surface area contributed by atoms with Crippen molar-refractivity contribution < 1.29 is 9.47 Å². The van der Waals surface area contributed by atoms with E-state index in [0.717, 1.165) is 33.8 Å². The van der Waals surface area contributed by atoms with Crippen LogP contribution >= 0.6 is 28.1 Å². The average Bonchev–Trinajstić information content (AvgIpc) is 2.83. The lowest BCUT2D eigenvalue weighted by Gasteiger charge is -2.16. The van der Waals surface area contributed by atoms with E-state index in [2.05, 4.69) is 38.5 Å². The standard InChI is InChI=1S/C15H21BrN4O2S/c1-4-6-22-14-12(16)7-11(8-13(14)21-5-2)9-17-20-10(3)18-19-15(20)23/h7-8,17H,4-6,9H2,1-3H3,(H,19,23). The van der Waals surface area contributed by atoms with Crippen molar-refractivity contribution in [2.45, 2.75) is 33.7 Å². The van der Waals surface area contributed by atoms with Gasteiger partial charge in [-0.2, -0.15) is 5.10 Å². The van der Waals surface area contributed by atoms with E-state index in [9.17, 15) is 0 Å². The van der Waals surface area contributed by atoms with E-state index in [1.54, 1.807) is 4.68 Å². The molecule has 0 spiro atoms. The lowest BCUT2D eigenvalue weighted by Crippen LogP contribution is -2.16. The van der Waals surface area contributed by atoms with E-state index in [4.69, 9.17) is 21.7 Å². The Kier molecular flexibility index (Phi) is 6.47. The zero-order valence-electron chi connectivity index (χ0n) is 13.5. The fourth-order valence-corrected chi connectivity index (χ4v) is 2.91. The molecule has 2 rings (SSSR count). The Labute approximate surface area is 149 Å². The fourth-order valence-electron chi connectivity index (χ4n) is 2.06. The lowest BCUT2D eigenvalue weighted by molar-refractivity contribution is 0.275. The average molecular weight is 401 g/mol. The number of aromatic amines is 1. The monoisotopic (exact) mass is 400 g/mol. The summed E-state index contributed by atoms with van der Waals surface area (Å²) in [7, 11) is 0. The number of rotatable bonds is 8. The summed E-state index contributed by atoms with van der Waals surface area (Å²) in [5.41, 5.74) is 4.29. The molecule has 0 amide bonds. The first-order chi connectivity index (χ1) is 11.1. The normalized spacial score (nSPS) is 10.6. The van der Waals surface area contributed by atoms with Crippen LogP contribution in [0.15, 0.2) is 16.6 Å². The van der Waals surface area contributed by atoms with Crippen molar-refractivity contribution in [1.82, 2.24) is 14.9 Å². The van der Waals surface area contributed by atoms with Crippen LogP contribution in [0, 0.1) is 11.7 Å². The highest BCUT2D eigenvalue weighted by molar-refractivity contribution is 9.10. The van der Waals surface area contributed by atoms with Crippen LogP contribution in [0.25, 0.3) is 0 Å².